The quantitative estimate of drug-likeness (QED) is 0.474. The Labute approximate surface area is 98.7 Å². The van der Waals surface area contributed by atoms with E-state index in [1.54, 1.807) is 0 Å². The lowest BCUT2D eigenvalue weighted by Gasteiger charge is -2.07. The van der Waals surface area contributed by atoms with Crippen molar-refractivity contribution in [2.75, 3.05) is 0 Å². The minimum Gasteiger partial charge on any atom is -0.358 e. The van der Waals surface area contributed by atoms with Crippen molar-refractivity contribution in [3.8, 4) is 0 Å². The molecule has 1 aromatic heterocycles. The third-order valence-electron chi connectivity index (χ3n) is 1.67. The summed E-state index contributed by atoms with van der Waals surface area (Å²) in [5, 5.41) is 10.4. The highest BCUT2D eigenvalue weighted by Gasteiger charge is 2.40. The van der Waals surface area contributed by atoms with Crippen molar-refractivity contribution < 1.29 is 26.9 Å². The van der Waals surface area contributed by atoms with Crippen LogP contribution in [0.5, 0.6) is 0 Å². The zero-order valence-electron chi connectivity index (χ0n) is 7.63. The van der Waals surface area contributed by atoms with Crippen molar-refractivity contribution in [2.45, 2.75) is 12.6 Å². The van der Waals surface area contributed by atoms with E-state index < -0.39 is 39.1 Å². The summed E-state index contributed by atoms with van der Waals surface area (Å²) in [6, 6.07) is 0.0712. The molecule has 0 N–H and O–H groups in total. The SMILES string of the molecule is O=[N+]([O-])c1nc(C(F)(F)F)cc(C(F)F)c1Br. The van der Waals surface area contributed by atoms with Crippen LogP contribution < -0.4 is 0 Å². The molecule has 17 heavy (non-hydrogen) atoms. The molecule has 1 rings (SSSR count). The van der Waals surface area contributed by atoms with E-state index in [4.69, 9.17) is 0 Å². The molecule has 10 heteroatoms. The molecule has 1 aromatic rings. The second-order valence-corrected chi connectivity index (χ2v) is 3.58. The average molecular weight is 321 g/mol. The molecule has 0 aliphatic carbocycles. The molecule has 0 atom stereocenters. The maximum absolute atomic E-state index is 12.4. The molecule has 0 bridgehead atoms. The van der Waals surface area contributed by atoms with Crippen LogP contribution in [0.3, 0.4) is 0 Å². The van der Waals surface area contributed by atoms with Crippen LogP contribution in [0.25, 0.3) is 0 Å². The first-order valence-corrected chi connectivity index (χ1v) is 4.64. The van der Waals surface area contributed by atoms with E-state index in [1.165, 1.54) is 0 Å². The molecule has 0 aromatic carbocycles. The molecule has 0 fully saturated rings. The Morgan fingerprint density at radius 2 is 1.94 bits per heavy atom. The van der Waals surface area contributed by atoms with Gasteiger partial charge in [-0.3, -0.25) is 0 Å². The second-order valence-electron chi connectivity index (χ2n) is 2.79. The van der Waals surface area contributed by atoms with Gasteiger partial charge in [0.15, 0.2) is 0 Å². The van der Waals surface area contributed by atoms with Gasteiger partial charge in [-0.05, 0) is 25.8 Å². The largest absolute Gasteiger partial charge is 0.458 e. The van der Waals surface area contributed by atoms with Gasteiger partial charge in [0, 0.05) is 11.6 Å². The monoisotopic (exact) mass is 320 g/mol. The number of rotatable bonds is 2. The Morgan fingerprint density at radius 1 is 1.41 bits per heavy atom. The number of alkyl halides is 5. The third-order valence-corrected chi connectivity index (χ3v) is 2.48. The molecule has 0 aliphatic rings. The van der Waals surface area contributed by atoms with Crippen LogP contribution in [-0.2, 0) is 6.18 Å². The lowest BCUT2D eigenvalue weighted by molar-refractivity contribution is -0.391. The number of halogens is 6. The summed E-state index contributed by atoms with van der Waals surface area (Å²) in [6.45, 7) is 0. The van der Waals surface area contributed by atoms with E-state index in [9.17, 15) is 32.1 Å². The van der Waals surface area contributed by atoms with Gasteiger partial charge in [0.25, 0.3) is 12.1 Å². The van der Waals surface area contributed by atoms with Crippen molar-refractivity contribution in [1.82, 2.24) is 4.98 Å². The number of nitro groups is 1. The van der Waals surface area contributed by atoms with E-state index in [0.29, 0.717) is 0 Å². The minimum absolute atomic E-state index is 0.0712. The van der Waals surface area contributed by atoms with Crippen LogP contribution in [0.2, 0.25) is 0 Å². The highest BCUT2D eigenvalue weighted by atomic mass is 79.9. The number of hydrogen-bond acceptors (Lipinski definition) is 3. The normalized spacial score (nSPS) is 11.9. The van der Waals surface area contributed by atoms with Crippen molar-refractivity contribution in [3.63, 3.8) is 0 Å². The van der Waals surface area contributed by atoms with E-state index in [2.05, 4.69) is 20.9 Å². The Kier molecular flexibility index (Phi) is 3.65. The van der Waals surface area contributed by atoms with Crippen molar-refractivity contribution in [1.29, 1.82) is 0 Å². The van der Waals surface area contributed by atoms with Crippen molar-refractivity contribution >= 4 is 21.7 Å². The lowest BCUT2D eigenvalue weighted by atomic mass is 10.2. The molecular weight excluding hydrogens is 319 g/mol. The van der Waals surface area contributed by atoms with Gasteiger partial charge in [0.2, 0.25) is 0 Å². The van der Waals surface area contributed by atoms with E-state index in [0.717, 1.165) is 0 Å². The lowest BCUT2D eigenvalue weighted by Crippen LogP contribution is -2.11. The standard InChI is InChI=1S/C7H2BrF5N2O2/c8-4-2(5(9)10)1-3(7(11,12)13)14-6(4)15(16)17/h1,5H. The van der Waals surface area contributed by atoms with Crippen LogP contribution in [0.4, 0.5) is 27.8 Å². The Hall–Kier alpha value is -1.32. The summed E-state index contributed by atoms with van der Waals surface area (Å²) in [5.41, 5.74) is -2.86. The van der Waals surface area contributed by atoms with Gasteiger partial charge in [-0.2, -0.15) is 13.2 Å². The van der Waals surface area contributed by atoms with Gasteiger partial charge >= 0.3 is 12.0 Å². The molecule has 0 radical (unpaired) electrons. The summed E-state index contributed by atoms with van der Waals surface area (Å²) in [7, 11) is 0. The molecule has 0 saturated carbocycles. The first kappa shape index (κ1) is 13.7. The van der Waals surface area contributed by atoms with Crippen LogP contribution in [0.1, 0.15) is 17.7 Å². The molecule has 0 spiro atoms. The Balaban J connectivity index is 3.53. The number of hydrogen-bond donors (Lipinski definition) is 0. The smallest absolute Gasteiger partial charge is 0.358 e. The van der Waals surface area contributed by atoms with Gasteiger partial charge in [0.05, 0.1) is 0 Å². The zero-order valence-corrected chi connectivity index (χ0v) is 9.22. The minimum atomic E-state index is -5.03. The molecule has 1 heterocycles. The number of pyridine rings is 1. The summed E-state index contributed by atoms with van der Waals surface area (Å²) in [4.78, 5) is 11.8. The summed E-state index contributed by atoms with van der Waals surface area (Å²) < 4.78 is 60.8. The highest BCUT2D eigenvalue weighted by molar-refractivity contribution is 9.10. The predicted octanol–water partition coefficient (Wildman–Crippen LogP) is 3.71. The fraction of sp³-hybridized carbons (Fsp3) is 0.286. The number of nitrogens with zero attached hydrogens (tertiary/aromatic N) is 2. The van der Waals surface area contributed by atoms with E-state index in [-0.39, 0.29) is 6.07 Å². The van der Waals surface area contributed by atoms with Crippen LogP contribution in [0.15, 0.2) is 10.5 Å². The van der Waals surface area contributed by atoms with Gasteiger partial charge in [-0.15, -0.1) is 0 Å². The molecule has 0 unspecified atom stereocenters. The Bertz CT molecular complexity index is 462. The summed E-state index contributed by atoms with van der Waals surface area (Å²) in [6.07, 6.45) is -8.32. The molecule has 0 saturated heterocycles. The molecule has 0 aliphatic heterocycles. The van der Waals surface area contributed by atoms with Gasteiger partial charge in [0.1, 0.15) is 4.47 Å². The Morgan fingerprint density at radius 3 is 2.29 bits per heavy atom. The summed E-state index contributed by atoms with van der Waals surface area (Å²) in [5.74, 6) is -1.30. The first-order chi connectivity index (χ1) is 7.64. The van der Waals surface area contributed by atoms with E-state index >= 15 is 0 Å². The van der Waals surface area contributed by atoms with Gasteiger partial charge in [-0.1, -0.05) is 0 Å². The maximum Gasteiger partial charge on any atom is 0.458 e. The van der Waals surface area contributed by atoms with Crippen molar-refractivity contribution in [2.24, 2.45) is 0 Å². The summed E-state index contributed by atoms with van der Waals surface area (Å²) >= 11 is 2.43. The third kappa shape index (κ3) is 2.87. The average Bonchev–Trinajstić information content (AvgIpc) is 2.14. The highest BCUT2D eigenvalue weighted by Crippen LogP contribution is 2.38. The number of aromatic nitrogens is 1. The fourth-order valence-electron chi connectivity index (χ4n) is 0.960. The second kappa shape index (κ2) is 4.51. The van der Waals surface area contributed by atoms with Gasteiger partial charge < -0.3 is 10.1 Å². The van der Waals surface area contributed by atoms with Crippen molar-refractivity contribution in [3.05, 3.63) is 31.9 Å². The topological polar surface area (TPSA) is 56.0 Å². The molecule has 94 valence electrons. The van der Waals surface area contributed by atoms with Gasteiger partial charge in [-0.25, -0.2) is 8.78 Å². The maximum atomic E-state index is 12.4. The fourth-order valence-corrected chi connectivity index (χ4v) is 1.48. The van der Waals surface area contributed by atoms with Crippen LogP contribution >= 0.6 is 15.9 Å². The van der Waals surface area contributed by atoms with Crippen LogP contribution in [-0.4, -0.2) is 9.91 Å². The van der Waals surface area contributed by atoms with Crippen LogP contribution in [0, 0.1) is 10.1 Å². The molecule has 0 amide bonds. The van der Waals surface area contributed by atoms with E-state index in [1.807, 2.05) is 0 Å². The zero-order chi connectivity index (χ0) is 13.4. The first-order valence-electron chi connectivity index (χ1n) is 3.84. The molecular formula is C7H2BrF5N2O2. The predicted molar refractivity (Wildman–Crippen MR) is 48.6 cm³/mol. The molecule has 4 nitrogen and oxygen atoms in total.